The second kappa shape index (κ2) is 11.4. The van der Waals surface area contributed by atoms with E-state index in [-0.39, 0.29) is 0 Å². The molecular formula is C42H40Si. The van der Waals surface area contributed by atoms with E-state index < -0.39 is 8.07 Å². The highest BCUT2D eigenvalue weighted by Crippen LogP contribution is 2.42. The highest BCUT2D eigenvalue weighted by atomic mass is 28.3. The van der Waals surface area contributed by atoms with Crippen LogP contribution in [-0.2, 0) is 0 Å². The van der Waals surface area contributed by atoms with Crippen LogP contribution in [0.3, 0.4) is 0 Å². The van der Waals surface area contributed by atoms with Crippen LogP contribution >= 0.6 is 0 Å². The molecule has 0 aliphatic carbocycles. The second-order valence-electron chi connectivity index (χ2n) is 13.0. The fraction of sp³-hybridized carbons (Fsp3) is 0.238. The molecule has 0 nitrogen and oxygen atoms in total. The molecule has 0 amide bonds. The summed E-state index contributed by atoms with van der Waals surface area (Å²) >= 11 is 0. The predicted molar refractivity (Wildman–Crippen MR) is 192 cm³/mol. The number of hydrogen-bond donors (Lipinski definition) is 0. The van der Waals surface area contributed by atoms with Gasteiger partial charge in [0.2, 0.25) is 0 Å². The van der Waals surface area contributed by atoms with E-state index >= 15 is 0 Å². The molecular weight excluding hydrogens is 533 g/mol. The molecule has 0 spiro atoms. The topological polar surface area (TPSA) is 0 Å². The summed E-state index contributed by atoms with van der Waals surface area (Å²) in [6.07, 6.45) is 0. The van der Waals surface area contributed by atoms with Crippen LogP contribution in [0.25, 0.3) is 43.1 Å². The van der Waals surface area contributed by atoms with Crippen molar-refractivity contribution >= 4 is 51.2 Å². The summed E-state index contributed by atoms with van der Waals surface area (Å²) in [6, 6.07) is 35.2. The number of hydrogen-bond acceptors (Lipinski definition) is 0. The molecule has 212 valence electrons. The zero-order valence-electron chi connectivity index (χ0n) is 26.5. The van der Waals surface area contributed by atoms with Gasteiger partial charge in [-0.2, -0.15) is 0 Å². The molecule has 0 aliphatic rings. The molecule has 0 radical (unpaired) electrons. The zero-order chi connectivity index (χ0) is 30.3. The van der Waals surface area contributed by atoms with Crippen molar-refractivity contribution in [3.63, 3.8) is 0 Å². The van der Waals surface area contributed by atoms with E-state index in [4.69, 9.17) is 0 Å². The molecule has 6 rings (SSSR count). The third kappa shape index (κ3) is 5.14. The molecule has 0 atom stereocenters. The van der Waals surface area contributed by atoms with Gasteiger partial charge < -0.3 is 0 Å². The molecule has 43 heavy (non-hydrogen) atoms. The van der Waals surface area contributed by atoms with Gasteiger partial charge in [-0.15, -0.1) is 5.54 Å². The summed E-state index contributed by atoms with van der Waals surface area (Å²) < 4.78 is 0. The first kappa shape index (κ1) is 28.8. The van der Waals surface area contributed by atoms with Gasteiger partial charge in [0.1, 0.15) is 8.07 Å². The lowest BCUT2D eigenvalue weighted by Crippen LogP contribution is -2.43. The van der Waals surface area contributed by atoms with E-state index in [1.54, 1.807) is 0 Å². The van der Waals surface area contributed by atoms with Gasteiger partial charge in [-0.3, -0.25) is 0 Å². The standard InChI is InChI=1S/C42H40Si/c1-28(2)43(29(3)4,30(5)6)23-22-38-41-26-35-14-10-8-12-33(35)24-39(41)37(21-20-32-18-16-31(7)17-19-32)40-25-34-13-9-11-15-36(34)27-42(38)40/h8-19,24-30H,1-7H3. The largest absolute Gasteiger partial charge is 0.146 e. The minimum atomic E-state index is -1.96. The van der Waals surface area contributed by atoms with E-state index in [9.17, 15) is 0 Å². The Morgan fingerprint density at radius 2 is 0.837 bits per heavy atom. The van der Waals surface area contributed by atoms with Gasteiger partial charge in [-0.05, 0) is 103 Å². The van der Waals surface area contributed by atoms with Crippen molar-refractivity contribution in [2.45, 2.75) is 65.1 Å². The molecule has 0 N–H and O–H groups in total. The van der Waals surface area contributed by atoms with Crippen molar-refractivity contribution in [2.24, 2.45) is 0 Å². The Morgan fingerprint density at radius 3 is 1.21 bits per heavy atom. The molecule has 0 aromatic heterocycles. The lowest BCUT2D eigenvalue weighted by Gasteiger charge is -2.38. The van der Waals surface area contributed by atoms with Gasteiger partial charge in [-0.1, -0.05) is 126 Å². The van der Waals surface area contributed by atoms with Crippen LogP contribution in [0.2, 0.25) is 16.6 Å². The maximum absolute atomic E-state index is 4.06. The van der Waals surface area contributed by atoms with E-state index in [2.05, 4.69) is 169 Å². The highest BCUT2D eigenvalue weighted by Gasteiger charge is 2.41. The summed E-state index contributed by atoms with van der Waals surface area (Å²) in [5, 5.41) is 9.66. The Morgan fingerprint density at radius 1 is 0.465 bits per heavy atom. The molecule has 0 heterocycles. The van der Waals surface area contributed by atoms with Crippen LogP contribution < -0.4 is 0 Å². The van der Waals surface area contributed by atoms with Gasteiger partial charge in [0.15, 0.2) is 0 Å². The van der Waals surface area contributed by atoms with Crippen LogP contribution in [0.4, 0.5) is 0 Å². The van der Waals surface area contributed by atoms with Gasteiger partial charge >= 0.3 is 0 Å². The van der Waals surface area contributed by atoms with Gasteiger partial charge in [0, 0.05) is 16.7 Å². The van der Waals surface area contributed by atoms with Gasteiger partial charge in [0.05, 0.1) is 0 Å². The fourth-order valence-corrected chi connectivity index (χ4v) is 12.5. The lowest BCUT2D eigenvalue weighted by atomic mass is 9.89. The Kier molecular flexibility index (Phi) is 7.64. The number of rotatable bonds is 3. The first-order valence-electron chi connectivity index (χ1n) is 15.6. The molecule has 0 bridgehead atoms. The van der Waals surface area contributed by atoms with Crippen LogP contribution in [0.1, 0.15) is 63.8 Å². The van der Waals surface area contributed by atoms with Crippen molar-refractivity contribution in [1.82, 2.24) is 0 Å². The van der Waals surface area contributed by atoms with Gasteiger partial charge in [0.25, 0.3) is 0 Å². The van der Waals surface area contributed by atoms with Crippen molar-refractivity contribution in [3.8, 4) is 23.3 Å². The van der Waals surface area contributed by atoms with Crippen molar-refractivity contribution in [2.75, 3.05) is 0 Å². The molecule has 0 saturated carbocycles. The Bertz CT molecular complexity index is 2000. The molecule has 0 fully saturated rings. The molecule has 1 heteroatoms. The van der Waals surface area contributed by atoms with Crippen LogP contribution in [0.5, 0.6) is 0 Å². The molecule has 6 aromatic rings. The summed E-state index contributed by atoms with van der Waals surface area (Å²) in [5.74, 6) is 11.1. The van der Waals surface area contributed by atoms with E-state index in [0.29, 0.717) is 16.6 Å². The van der Waals surface area contributed by atoms with Crippen LogP contribution in [0.15, 0.2) is 97.1 Å². The summed E-state index contributed by atoms with van der Waals surface area (Å²) in [5.41, 5.74) is 10.3. The highest BCUT2D eigenvalue weighted by molar-refractivity contribution is 6.90. The van der Waals surface area contributed by atoms with Gasteiger partial charge in [-0.25, -0.2) is 0 Å². The Labute approximate surface area is 258 Å². The summed E-state index contributed by atoms with van der Waals surface area (Å²) in [4.78, 5) is 0. The third-order valence-electron chi connectivity index (χ3n) is 9.50. The smallest absolute Gasteiger partial charge is 0.125 e. The van der Waals surface area contributed by atoms with Crippen LogP contribution in [0, 0.1) is 30.2 Å². The van der Waals surface area contributed by atoms with E-state index in [1.807, 2.05) is 0 Å². The van der Waals surface area contributed by atoms with Crippen molar-refractivity contribution in [1.29, 1.82) is 0 Å². The Hall–Kier alpha value is -4.30. The fourth-order valence-electron chi connectivity index (χ4n) is 7.24. The molecule has 0 saturated heterocycles. The van der Waals surface area contributed by atoms with E-state index in [0.717, 1.165) is 16.7 Å². The summed E-state index contributed by atoms with van der Waals surface area (Å²) in [7, 11) is -1.96. The normalized spacial score (nSPS) is 11.9. The monoisotopic (exact) mass is 572 g/mol. The Balaban J connectivity index is 1.78. The molecule has 0 unspecified atom stereocenters. The molecule has 0 aliphatic heterocycles. The SMILES string of the molecule is Cc1ccc(C#Cc2c3cc4ccccc4cc3c(C#C[Si](C(C)C)(C(C)C)C(C)C)c3cc4ccccc4cc23)cc1. The quantitative estimate of drug-likeness (QED) is 0.112. The van der Waals surface area contributed by atoms with Crippen molar-refractivity contribution in [3.05, 3.63) is 119 Å². The summed E-state index contributed by atoms with van der Waals surface area (Å²) in [6.45, 7) is 16.5. The molecule has 6 aromatic carbocycles. The second-order valence-corrected chi connectivity index (χ2v) is 18.6. The minimum Gasteiger partial charge on any atom is -0.125 e. The van der Waals surface area contributed by atoms with Crippen molar-refractivity contribution < 1.29 is 0 Å². The average Bonchev–Trinajstić information content (AvgIpc) is 2.99. The number of aryl methyl sites for hydroxylation is 1. The number of fused-ring (bicyclic) bond motifs is 4. The van der Waals surface area contributed by atoms with E-state index in [1.165, 1.54) is 48.7 Å². The minimum absolute atomic E-state index is 0.568. The maximum Gasteiger partial charge on any atom is 0.146 e. The first-order chi connectivity index (χ1) is 20.7. The average molecular weight is 573 g/mol. The first-order valence-corrected chi connectivity index (χ1v) is 17.8. The lowest BCUT2D eigenvalue weighted by molar-refractivity contribution is 0.838. The number of benzene rings is 6. The van der Waals surface area contributed by atoms with Crippen LogP contribution in [-0.4, -0.2) is 8.07 Å². The zero-order valence-corrected chi connectivity index (χ0v) is 27.5. The third-order valence-corrected chi connectivity index (χ3v) is 15.8. The predicted octanol–water partition coefficient (Wildman–Crippen LogP) is 11.6. The maximum atomic E-state index is 4.06.